The molecule has 9 heteroatoms. The number of amidine groups is 1. The van der Waals surface area contributed by atoms with E-state index in [1.165, 1.54) is 29.0 Å². The number of halogens is 4. The van der Waals surface area contributed by atoms with Crippen molar-refractivity contribution in [3.8, 4) is 0 Å². The van der Waals surface area contributed by atoms with Crippen molar-refractivity contribution >= 4 is 29.2 Å². The summed E-state index contributed by atoms with van der Waals surface area (Å²) in [6, 6.07) is -0.0411. The molecule has 1 saturated carbocycles. The van der Waals surface area contributed by atoms with Crippen molar-refractivity contribution in [3.63, 3.8) is 0 Å². The Hall–Kier alpha value is -1.48. The minimum Gasteiger partial charge on any atom is -0.352 e. The zero-order valence-corrected chi connectivity index (χ0v) is 13.9. The highest BCUT2D eigenvalue weighted by molar-refractivity contribution is 7.98. The van der Waals surface area contributed by atoms with Crippen molar-refractivity contribution in [1.82, 2.24) is 10.0 Å². The van der Waals surface area contributed by atoms with E-state index in [1.807, 2.05) is 0 Å². The zero-order chi connectivity index (χ0) is 17.3. The second-order valence-electron chi connectivity index (χ2n) is 7.05. The van der Waals surface area contributed by atoms with E-state index in [-0.39, 0.29) is 11.7 Å². The monoisotopic (exact) mass is 372 g/mol. The van der Waals surface area contributed by atoms with Gasteiger partial charge in [0.05, 0.1) is 10.6 Å². The van der Waals surface area contributed by atoms with Crippen LogP contribution in [0, 0.1) is 11.7 Å². The van der Waals surface area contributed by atoms with Crippen LogP contribution < -0.4 is 14.9 Å². The fraction of sp³-hybridized carbons (Fsp3) is 0.562. The van der Waals surface area contributed by atoms with E-state index in [4.69, 9.17) is 0 Å². The SMILES string of the molecule is Fc1cc2c(c(N3[C@@H]4CN[C@@H](C4)[C@@H]3C(F)(F)F)c1)N=C(C1CC1)NS2. The van der Waals surface area contributed by atoms with Crippen LogP contribution in [0.15, 0.2) is 22.0 Å². The van der Waals surface area contributed by atoms with Gasteiger partial charge in [0.25, 0.3) is 0 Å². The summed E-state index contributed by atoms with van der Waals surface area (Å²) < 4.78 is 58.3. The van der Waals surface area contributed by atoms with Gasteiger partial charge >= 0.3 is 6.18 Å². The Kier molecular flexibility index (Phi) is 3.31. The van der Waals surface area contributed by atoms with E-state index in [1.54, 1.807) is 0 Å². The van der Waals surface area contributed by atoms with Gasteiger partial charge in [0.15, 0.2) is 0 Å². The van der Waals surface area contributed by atoms with E-state index in [0.29, 0.717) is 29.5 Å². The molecule has 3 fully saturated rings. The van der Waals surface area contributed by atoms with Crippen LogP contribution in [0.2, 0.25) is 0 Å². The molecule has 3 atom stereocenters. The van der Waals surface area contributed by atoms with Crippen molar-refractivity contribution in [2.24, 2.45) is 10.9 Å². The Balaban J connectivity index is 1.63. The molecule has 4 aliphatic rings. The highest BCUT2D eigenvalue weighted by Crippen LogP contribution is 2.49. The quantitative estimate of drug-likeness (QED) is 0.617. The van der Waals surface area contributed by atoms with Crippen LogP contribution >= 0.6 is 11.9 Å². The fourth-order valence-corrected chi connectivity index (χ4v) is 4.93. The molecule has 134 valence electrons. The van der Waals surface area contributed by atoms with Crippen molar-refractivity contribution in [2.75, 3.05) is 11.4 Å². The summed E-state index contributed by atoms with van der Waals surface area (Å²) in [6.07, 6.45) is -1.90. The molecule has 2 saturated heterocycles. The van der Waals surface area contributed by atoms with Crippen molar-refractivity contribution in [1.29, 1.82) is 0 Å². The highest BCUT2D eigenvalue weighted by atomic mass is 32.2. The maximum Gasteiger partial charge on any atom is 0.410 e. The number of rotatable bonds is 2. The number of hydrogen-bond donors (Lipinski definition) is 2. The van der Waals surface area contributed by atoms with E-state index in [2.05, 4.69) is 15.0 Å². The molecule has 25 heavy (non-hydrogen) atoms. The van der Waals surface area contributed by atoms with Crippen LogP contribution in [0.3, 0.4) is 0 Å². The molecule has 1 aliphatic carbocycles. The molecule has 0 unspecified atom stereocenters. The summed E-state index contributed by atoms with van der Waals surface area (Å²) in [7, 11) is 0. The van der Waals surface area contributed by atoms with Crippen LogP contribution in [0.1, 0.15) is 19.3 Å². The Morgan fingerprint density at radius 1 is 1.24 bits per heavy atom. The molecule has 0 aromatic heterocycles. The second-order valence-corrected chi connectivity index (χ2v) is 7.89. The molecule has 1 aromatic carbocycles. The number of nitrogens with one attached hydrogen (secondary N) is 2. The van der Waals surface area contributed by atoms with Gasteiger partial charge in [0, 0.05) is 24.5 Å². The summed E-state index contributed by atoms with van der Waals surface area (Å²) >= 11 is 1.24. The lowest BCUT2D eigenvalue weighted by atomic mass is 10.1. The molecular weight excluding hydrogens is 356 g/mol. The van der Waals surface area contributed by atoms with Crippen molar-refractivity contribution in [2.45, 2.75) is 48.5 Å². The van der Waals surface area contributed by atoms with Crippen LogP contribution in [-0.4, -0.2) is 36.7 Å². The molecule has 1 aromatic rings. The standard InChI is InChI=1S/C16H16F4N4S/c17-8-3-11(13-12(4-8)25-23-15(22-13)7-1-2-7)24-9-5-10(21-6-9)14(24)16(18,19)20/h3-4,7,9-10,14,21H,1-2,5-6H2,(H,22,23)/t9-,10-,14+/m0/s1. The van der Waals surface area contributed by atoms with Gasteiger partial charge in [0.2, 0.25) is 0 Å². The predicted molar refractivity (Wildman–Crippen MR) is 87.7 cm³/mol. The number of alkyl halides is 3. The first kappa shape index (κ1) is 15.7. The Morgan fingerprint density at radius 2 is 2.04 bits per heavy atom. The Labute approximate surface area is 146 Å². The van der Waals surface area contributed by atoms with E-state index < -0.39 is 24.1 Å². The third-order valence-electron chi connectivity index (χ3n) is 5.31. The van der Waals surface area contributed by atoms with Gasteiger partial charge in [-0.05, 0) is 43.3 Å². The molecule has 2 bridgehead atoms. The molecule has 3 aliphatic heterocycles. The molecule has 0 amide bonds. The van der Waals surface area contributed by atoms with Crippen LogP contribution in [0.25, 0.3) is 0 Å². The maximum absolute atomic E-state index is 14.1. The van der Waals surface area contributed by atoms with E-state index in [0.717, 1.165) is 18.7 Å². The molecule has 3 heterocycles. The van der Waals surface area contributed by atoms with Crippen LogP contribution in [0.4, 0.5) is 28.9 Å². The number of fused-ring (bicyclic) bond motifs is 3. The van der Waals surface area contributed by atoms with Gasteiger partial charge < -0.3 is 14.9 Å². The van der Waals surface area contributed by atoms with Gasteiger partial charge in [-0.25, -0.2) is 9.38 Å². The molecular formula is C16H16F4N4S. The van der Waals surface area contributed by atoms with Gasteiger partial charge in [-0.3, -0.25) is 0 Å². The summed E-state index contributed by atoms with van der Waals surface area (Å²) in [5.74, 6) is 0.592. The van der Waals surface area contributed by atoms with Crippen molar-refractivity contribution < 1.29 is 17.6 Å². The van der Waals surface area contributed by atoms with Gasteiger partial charge in [-0.15, -0.1) is 0 Å². The van der Waals surface area contributed by atoms with Gasteiger partial charge in [-0.2, -0.15) is 13.2 Å². The highest BCUT2D eigenvalue weighted by Gasteiger charge is 2.58. The fourth-order valence-electron chi connectivity index (χ4n) is 4.08. The van der Waals surface area contributed by atoms with Crippen LogP contribution in [0.5, 0.6) is 0 Å². The average Bonchev–Trinajstić information content (AvgIpc) is 3.20. The third kappa shape index (κ3) is 2.51. The topological polar surface area (TPSA) is 39.7 Å². The third-order valence-corrected chi connectivity index (χ3v) is 6.15. The van der Waals surface area contributed by atoms with Gasteiger partial charge in [0.1, 0.15) is 23.4 Å². The first-order valence-corrected chi connectivity index (χ1v) is 9.17. The number of benzene rings is 1. The number of nitrogens with zero attached hydrogens (tertiary/aromatic N) is 2. The zero-order valence-electron chi connectivity index (χ0n) is 13.1. The van der Waals surface area contributed by atoms with Crippen molar-refractivity contribution in [3.05, 3.63) is 17.9 Å². The number of piperazine rings is 1. The Bertz CT molecular complexity index is 761. The largest absolute Gasteiger partial charge is 0.410 e. The predicted octanol–water partition coefficient (Wildman–Crippen LogP) is 3.36. The number of hydrogen-bond acceptors (Lipinski definition) is 5. The molecule has 0 spiro atoms. The number of anilines is 1. The van der Waals surface area contributed by atoms with Crippen LogP contribution in [-0.2, 0) is 0 Å². The summed E-state index contributed by atoms with van der Waals surface area (Å²) in [5, 5.41) is 2.94. The summed E-state index contributed by atoms with van der Waals surface area (Å²) in [4.78, 5) is 6.47. The maximum atomic E-state index is 14.1. The summed E-state index contributed by atoms with van der Waals surface area (Å²) in [6.45, 7) is 0.479. The van der Waals surface area contributed by atoms with E-state index >= 15 is 0 Å². The van der Waals surface area contributed by atoms with E-state index in [9.17, 15) is 17.6 Å². The second kappa shape index (κ2) is 5.26. The lowest BCUT2D eigenvalue weighted by Crippen LogP contribution is -2.58. The molecule has 2 N–H and O–H groups in total. The normalized spacial score (nSPS) is 31.0. The first-order chi connectivity index (χ1) is 11.9. The average molecular weight is 372 g/mol. The summed E-state index contributed by atoms with van der Waals surface area (Å²) in [5.41, 5.74) is 0.729. The molecule has 0 radical (unpaired) electrons. The first-order valence-electron chi connectivity index (χ1n) is 8.35. The molecule has 4 nitrogen and oxygen atoms in total. The lowest BCUT2D eigenvalue weighted by Gasteiger charge is -2.39. The molecule has 5 rings (SSSR count). The minimum atomic E-state index is -4.38. The van der Waals surface area contributed by atoms with Gasteiger partial charge in [-0.1, -0.05) is 0 Å². The lowest BCUT2D eigenvalue weighted by molar-refractivity contribution is -0.152. The minimum absolute atomic E-state index is 0.262. The number of aliphatic imine (C=N–C) groups is 1. The smallest absolute Gasteiger partial charge is 0.352 e. The Morgan fingerprint density at radius 3 is 2.76 bits per heavy atom.